The van der Waals surface area contributed by atoms with E-state index < -0.39 is 15.2 Å². The highest BCUT2D eigenvalue weighted by Crippen LogP contribution is 2.11. The zero-order chi connectivity index (χ0) is 8.48. The lowest BCUT2D eigenvalue weighted by molar-refractivity contribution is 0.402. The second-order valence-electron chi connectivity index (χ2n) is 1.71. The molecule has 0 spiro atoms. The molecule has 7 heteroatoms. The predicted octanol–water partition coefficient (Wildman–Crippen LogP) is 0.820. The molecule has 0 fully saturated rings. The van der Waals surface area contributed by atoms with Crippen LogP contribution in [0.1, 0.15) is 5.76 Å². The Bertz CT molecular complexity index is 401. The molecule has 0 atom stereocenters. The predicted molar refractivity (Wildman–Crippen MR) is 40.5 cm³/mol. The van der Waals surface area contributed by atoms with Gasteiger partial charge in [-0.05, 0) is 12.1 Å². The summed E-state index contributed by atoms with van der Waals surface area (Å²) < 4.78 is 33.4. The minimum atomic E-state index is -4.31. The van der Waals surface area contributed by atoms with Gasteiger partial charge in [0.05, 0.1) is 0 Å². The summed E-state index contributed by atoms with van der Waals surface area (Å²) in [6, 6.07) is 3.74. The average molecular weight is 210 g/mol. The third-order valence-corrected chi connectivity index (χ3v) is 1.67. The summed E-state index contributed by atoms with van der Waals surface area (Å²) in [5.41, 5.74) is 0. The summed E-state index contributed by atoms with van der Waals surface area (Å²) in [5, 5.41) is 7.58. The minimum absolute atomic E-state index is 0. The Kier molecular flexibility index (Phi) is 3.27. The van der Waals surface area contributed by atoms with Crippen molar-refractivity contribution < 1.29 is 17.4 Å². The summed E-state index contributed by atoms with van der Waals surface area (Å²) in [5.74, 6) is -0.155. The van der Waals surface area contributed by atoms with Gasteiger partial charge < -0.3 is 4.42 Å². The molecule has 1 N–H and O–H groups in total. The molecule has 0 saturated carbocycles. The van der Waals surface area contributed by atoms with Gasteiger partial charge in [0.15, 0.2) is 0 Å². The van der Waals surface area contributed by atoms with Gasteiger partial charge in [0, 0.05) is 0 Å². The number of furan rings is 1. The molecule has 0 aliphatic heterocycles. The second kappa shape index (κ2) is 3.58. The molecule has 0 amide bonds. The fourth-order valence-electron chi connectivity index (χ4n) is 0.519. The molecule has 1 aromatic heterocycles. The summed E-state index contributed by atoms with van der Waals surface area (Å²) >= 11 is 0. The lowest BCUT2D eigenvalue weighted by atomic mass is 10.5. The van der Waals surface area contributed by atoms with Gasteiger partial charge in [0.1, 0.15) is 6.07 Å². The number of nitriles is 1. The van der Waals surface area contributed by atoms with Crippen LogP contribution in [0, 0.1) is 11.3 Å². The van der Waals surface area contributed by atoms with Gasteiger partial charge in [-0.15, -0.1) is 12.4 Å². The van der Waals surface area contributed by atoms with Crippen LogP contribution in [-0.2, 0) is 10.1 Å². The maximum atomic E-state index is 10.3. The van der Waals surface area contributed by atoms with Crippen LogP contribution in [0.3, 0.4) is 0 Å². The number of hydrogen-bond donors (Lipinski definition) is 1. The first kappa shape index (κ1) is 11.0. The van der Waals surface area contributed by atoms with Gasteiger partial charge in [-0.25, -0.2) is 0 Å². The standard InChI is InChI=1S/C5H3NO4S.ClH/c6-3-4-1-2-5(10-4)11(7,8)9;/h1-2H,(H,7,8,9);1H. The van der Waals surface area contributed by atoms with E-state index in [1.54, 1.807) is 6.07 Å². The first-order chi connectivity index (χ1) is 5.04. The monoisotopic (exact) mass is 209 g/mol. The van der Waals surface area contributed by atoms with Crippen molar-refractivity contribution >= 4 is 22.5 Å². The Balaban J connectivity index is 0.00000121. The molecule has 0 saturated heterocycles. The Morgan fingerprint density at radius 2 is 2.08 bits per heavy atom. The molecule has 0 aromatic carbocycles. The van der Waals surface area contributed by atoms with Gasteiger partial charge in [-0.2, -0.15) is 13.7 Å². The molecule has 0 aliphatic carbocycles. The van der Waals surface area contributed by atoms with E-state index in [4.69, 9.17) is 9.81 Å². The number of rotatable bonds is 1. The summed E-state index contributed by atoms with van der Waals surface area (Å²) in [7, 11) is -4.31. The van der Waals surface area contributed by atoms with Crippen molar-refractivity contribution in [3.63, 3.8) is 0 Å². The van der Waals surface area contributed by atoms with Gasteiger partial charge >= 0.3 is 10.1 Å². The van der Waals surface area contributed by atoms with Crippen LogP contribution in [0.2, 0.25) is 0 Å². The van der Waals surface area contributed by atoms with E-state index in [-0.39, 0.29) is 18.2 Å². The lowest BCUT2D eigenvalue weighted by Crippen LogP contribution is -1.94. The zero-order valence-electron chi connectivity index (χ0n) is 5.59. The van der Waals surface area contributed by atoms with Gasteiger partial charge in [-0.1, -0.05) is 0 Å². The van der Waals surface area contributed by atoms with Crippen molar-refractivity contribution in [2.24, 2.45) is 0 Å². The van der Waals surface area contributed by atoms with E-state index in [1.807, 2.05) is 0 Å². The third kappa shape index (κ3) is 2.23. The van der Waals surface area contributed by atoms with E-state index in [2.05, 4.69) is 4.42 Å². The van der Waals surface area contributed by atoms with Crippen molar-refractivity contribution in [2.45, 2.75) is 5.09 Å². The summed E-state index contributed by atoms with van der Waals surface area (Å²) in [6.07, 6.45) is 0. The van der Waals surface area contributed by atoms with E-state index in [9.17, 15) is 8.42 Å². The highest BCUT2D eigenvalue weighted by Gasteiger charge is 2.14. The Morgan fingerprint density at radius 1 is 1.50 bits per heavy atom. The number of halogens is 1. The number of nitrogens with zero attached hydrogens (tertiary/aromatic N) is 1. The van der Waals surface area contributed by atoms with Crippen LogP contribution in [0.25, 0.3) is 0 Å². The zero-order valence-corrected chi connectivity index (χ0v) is 7.22. The maximum absolute atomic E-state index is 10.3. The topological polar surface area (TPSA) is 91.3 Å². The van der Waals surface area contributed by atoms with Crippen LogP contribution < -0.4 is 0 Å². The van der Waals surface area contributed by atoms with Crippen LogP contribution in [-0.4, -0.2) is 13.0 Å². The molecule has 66 valence electrons. The van der Waals surface area contributed by atoms with Crippen LogP contribution in [0.4, 0.5) is 0 Å². The summed E-state index contributed by atoms with van der Waals surface area (Å²) in [4.78, 5) is 0. The largest absolute Gasteiger partial charge is 0.432 e. The molecular formula is C5H4ClNO4S. The van der Waals surface area contributed by atoms with E-state index in [1.165, 1.54) is 0 Å². The smallest absolute Gasteiger partial charge is 0.328 e. The molecule has 1 aromatic rings. The van der Waals surface area contributed by atoms with Crippen molar-refractivity contribution in [3.8, 4) is 6.07 Å². The molecule has 12 heavy (non-hydrogen) atoms. The van der Waals surface area contributed by atoms with E-state index in [0.29, 0.717) is 0 Å². The minimum Gasteiger partial charge on any atom is -0.432 e. The number of hydrogen-bond acceptors (Lipinski definition) is 4. The maximum Gasteiger partial charge on any atom is 0.328 e. The highest BCUT2D eigenvalue weighted by atomic mass is 35.5. The molecule has 0 bridgehead atoms. The first-order valence-corrected chi connectivity index (χ1v) is 3.95. The average Bonchev–Trinajstić information content (AvgIpc) is 2.32. The Morgan fingerprint density at radius 3 is 2.33 bits per heavy atom. The van der Waals surface area contributed by atoms with Crippen LogP contribution in [0.15, 0.2) is 21.6 Å². The fourth-order valence-corrected chi connectivity index (χ4v) is 0.954. The molecule has 0 unspecified atom stereocenters. The fraction of sp³-hybridized carbons (Fsp3) is 0. The van der Waals surface area contributed by atoms with Gasteiger partial charge in [0.2, 0.25) is 10.9 Å². The van der Waals surface area contributed by atoms with Gasteiger partial charge in [-0.3, -0.25) is 4.55 Å². The molecule has 1 heterocycles. The second-order valence-corrected chi connectivity index (χ2v) is 3.06. The van der Waals surface area contributed by atoms with Crippen molar-refractivity contribution in [2.75, 3.05) is 0 Å². The normalized spacial score (nSPS) is 10.0. The SMILES string of the molecule is Cl.N#Cc1ccc(S(=O)(=O)O)o1. The van der Waals surface area contributed by atoms with Crippen molar-refractivity contribution in [1.82, 2.24) is 0 Å². The molecule has 0 radical (unpaired) electrons. The molecule has 0 aliphatic rings. The Hall–Kier alpha value is -1.03. The first-order valence-electron chi connectivity index (χ1n) is 2.51. The van der Waals surface area contributed by atoms with E-state index >= 15 is 0 Å². The van der Waals surface area contributed by atoms with E-state index in [0.717, 1.165) is 12.1 Å². The molecule has 5 nitrogen and oxygen atoms in total. The lowest BCUT2D eigenvalue weighted by Gasteiger charge is -1.85. The quantitative estimate of drug-likeness (QED) is 0.692. The van der Waals surface area contributed by atoms with Crippen molar-refractivity contribution in [3.05, 3.63) is 17.9 Å². The molecular weight excluding hydrogens is 206 g/mol. The third-order valence-electron chi connectivity index (χ3n) is 0.946. The molecule has 1 rings (SSSR count). The van der Waals surface area contributed by atoms with Crippen LogP contribution >= 0.6 is 12.4 Å². The highest BCUT2D eigenvalue weighted by molar-refractivity contribution is 7.85. The summed E-state index contributed by atoms with van der Waals surface area (Å²) in [6.45, 7) is 0. The van der Waals surface area contributed by atoms with Crippen LogP contribution in [0.5, 0.6) is 0 Å². The van der Waals surface area contributed by atoms with Gasteiger partial charge in [0.25, 0.3) is 0 Å². The van der Waals surface area contributed by atoms with Crippen molar-refractivity contribution in [1.29, 1.82) is 5.26 Å². The Labute approximate surface area is 74.8 Å².